The molecule has 5 heteroatoms. The third-order valence-corrected chi connectivity index (χ3v) is 2.38. The Morgan fingerprint density at radius 3 is 2.87 bits per heavy atom. The predicted octanol–water partition coefficient (Wildman–Crippen LogP) is -0.691. The summed E-state index contributed by atoms with van der Waals surface area (Å²) in [6, 6.07) is 0.255. The van der Waals surface area contributed by atoms with Crippen molar-refractivity contribution in [3.63, 3.8) is 0 Å². The molecule has 1 fully saturated rings. The highest BCUT2D eigenvalue weighted by atomic mass is 16.2. The molecule has 5 nitrogen and oxygen atoms in total. The summed E-state index contributed by atoms with van der Waals surface area (Å²) >= 11 is 0. The van der Waals surface area contributed by atoms with E-state index in [4.69, 9.17) is 0 Å². The van der Waals surface area contributed by atoms with E-state index in [0.717, 1.165) is 19.5 Å². The van der Waals surface area contributed by atoms with Crippen LogP contribution in [0.5, 0.6) is 0 Å². The van der Waals surface area contributed by atoms with Crippen molar-refractivity contribution >= 4 is 5.91 Å². The van der Waals surface area contributed by atoms with Gasteiger partial charge in [-0.25, -0.2) is 0 Å². The van der Waals surface area contributed by atoms with Gasteiger partial charge >= 0.3 is 0 Å². The van der Waals surface area contributed by atoms with E-state index in [1.807, 2.05) is 6.92 Å². The van der Waals surface area contributed by atoms with E-state index < -0.39 is 0 Å². The van der Waals surface area contributed by atoms with E-state index in [9.17, 15) is 4.79 Å². The Balaban J connectivity index is 2.12. The zero-order valence-electron chi connectivity index (χ0n) is 9.84. The van der Waals surface area contributed by atoms with Gasteiger partial charge in [0.25, 0.3) is 0 Å². The van der Waals surface area contributed by atoms with Crippen LogP contribution in [-0.4, -0.2) is 50.3 Å². The van der Waals surface area contributed by atoms with Gasteiger partial charge in [0.05, 0.1) is 0 Å². The largest absolute Gasteiger partial charge is 0.328 e. The molecule has 0 aromatic rings. The monoisotopic (exact) mass is 214 g/mol. The lowest BCUT2D eigenvalue weighted by molar-refractivity contribution is -0.124. The molecule has 1 heterocycles. The van der Waals surface area contributed by atoms with Crippen molar-refractivity contribution in [3.05, 3.63) is 0 Å². The maximum Gasteiger partial charge on any atom is 0.223 e. The summed E-state index contributed by atoms with van der Waals surface area (Å²) < 4.78 is 0. The maximum absolute atomic E-state index is 11.2. The van der Waals surface area contributed by atoms with Crippen molar-refractivity contribution in [1.82, 2.24) is 20.9 Å². The number of nitrogens with zero attached hydrogens (tertiary/aromatic N) is 1. The first-order chi connectivity index (χ1) is 7.08. The zero-order chi connectivity index (χ0) is 11.3. The molecule has 2 unspecified atom stereocenters. The number of nitrogens with one attached hydrogen (secondary N) is 3. The van der Waals surface area contributed by atoms with Gasteiger partial charge in [0, 0.05) is 12.5 Å². The fraction of sp³-hybridized carbons (Fsp3) is 0.900. The molecule has 88 valence electrons. The number of amides is 1. The van der Waals surface area contributed by atoms with Gasteiger partial charge in [0.15, 0.2) is 0 Å². The summed E-state index contributed by atoms with van der Waals surface area (Å²) in [5, 5.41) is 9.41. The molecule has 0 bridgehead atoms. The second-order valence-electron chi connectivity index (χ2n) is 4.38. The Labute approximate surface area is 91.6 Å². The van der Waals surface area contributed by atoms with Crippen molar-refractivity contribution in [2.75, 3.05) is 27.2 Å². The lowest BCUT2D eigenvalue weighted by Crippen LogP contribution is -2.62. The van der Waals surface area contributed by atoms with Crippen molar-refractivity contribution in [3.8, 4) is 0 Å². The first-order valence-corrected chi connectivity index (χ1v) is 5.51. The molecule has 3 N–H and O–H groups in total. The van der Waals surface area contributed by atoms with Gasteiger partial charge in [-0.1, -0.05) is 0 Å². The smallest absolute Gasteiger partial charge is 0.223 e. The first kappa shape index (κ1) is 12.4. The molecular weight excluding hydrogens is 192 g/mol. The highest BCUT2D eigenvalue weighted by Gasteiger charge is 2.21. The number of hydrogen-bond acceptors (Lipinski definition) is 4. The summed E-state index contributed by atoms with van der Waals surface area (Å²) in [4.78, 5) is 13.4. The van der Waals surface area contributed by atoms with E-state index >= 15 is 0 Å². The minimum atomic E-state index is -0.0663. The number of hydrogen-bond donors (Lipinski definition) is 3. The van der Waals surface area contributed by atoms with Crippen molar-refractivity contribution in [2.45, 2.75) is 32.1 Å². The summed E-state index contributed by atoms with van der Waals surface area (Å²) in [5.41, 5.74) is 0. The van der Waals surface area contributed by atoms with Crippen LogP contribution in [0.3, 0.4) is 0 Å². The third-order valence-electron chi connectivity index (χ3n) is 2.38. The number of carbonyl (C=O) groups is 1. The van der Waals surface area contributed by atoms with Crippen LogP contribution < -0.4 is 16.0 Å². The van der Waals surface area contributed by atoms with Gasteiger partial charge in [-0.15, -0.1) is 0 Å². The normalized spacial score (nSPS) is 26.8. The minimum Gasteiger partial charge on any atom is -0.328 e. The lowest BCUT2D eigenvalue weighted by Gasteiger charge is -2.30. The highest BCUT2D eigenvalue weighted by Crippen LogP contribution is 1.97. The molecule has 1 amide bonds. The quantitative estimate of drug-likeness (QED) is 0.530. The molecular formula is C10H22N4O. The third kappa shape index (κ3) is 5.11. The first-order valence-electron chi connectivity index (χ1n) is 5.51. The van der Waals surface area contributed by atoms with Crippen molar-refractivity contribution < 1.29 is 4.79 Å². The maximum atomic E-state index is 11.2. The van der Waals surface area contributed by atoms with Gasteiger partial charge < -0.3 is 10.2 Å². The Morgan fingerprint density at radius 1 is 1.53 bits per heavy atom. The van der Waals surface area contributed by atoms with Crippen LogP contribution in [0.2, 0.25) is 0 Å². The molecule has 1 saturated heterocycles. The van der Waals surface area contributed by atoms with Crippen molar-refractivity contribution in [2.24, 2.45) is 0 Å². The van der Waals surface area contributed by atoms with Gasteiger partial charge in [-0.3, -0.25) is 15.4 Å². The van der Waals surface area contributed by atoms with Gasteiger partial charge in [0.1, 0.15) is 6.29 Å². The molecule has 0 aliphatic carbocycles. The van der Waals surface area contributed by atoms with Crippen LogP contribution in [-0.2, 0) is 4.79 Å². The lowest BCUT2D eigenvalue weighted by atomic mass is 10.2. The van der Waals surface area contributed by atoms with Crippen LogP contribution in [0.4, 0.5) is 0 Å². The number of carbonyl (C=O) groups excluding carboxylic acids is 1. The molecule has 15 heavy (non-hydrogen) atoms. The Bertz CT molecular complexity index is 208. The molecule has 0 aromatic carbocycles. The molecule has 0 spiro atoms. The van der Waals surface area contributed by atoms with Gasteiger partial charge in [0.2, 0.25) is 5.91 Å². The van der Waals surface area contributed by atoms with E-state index in [1.54, 1.807) is 0 Å². The molecule has 1 aliphatic rings. The summed E-state index contributed by atoms with van der Waals surface area (Å²) in [5.74, 6) is 0.117. The fourth-order valence-corrected chi connectivity index (χ4v) is 1.63. The zero-order valence-corrected chi connectivity index (χ0v) is 9.84. The Hall–Kier alpha value is -0.650. The minimum absolute atomic E-state index is 0.0663. The van der Waals surface area contributed by atoms with E-state index in [2.05, 4.69) is 34.9 Å². The molecule has 0 radical (unpaired) electrons. The molecule has 2 atom stereocenters. The van der Waals surface area contributed by atoms with E-state index in [0.29, 0.717) is 6.42 Å². The van der Waals surface area contributed by atoms with E-state index in [-0.39, 0.29) is 18.2 Å². The topological polar surface area (TPSA) is 56.4 Å². The van der Waals surface area contributed by atoms with Gasteiger partial charge in [-0.05, 0) is 40.5 Å². The van der Waals surface area contributed by atoms with Crippen LogP contribution in [0.1, 0.15) is 19.8 Å². The molecule has 1 aliphatic heterocycles. The SMILES string of the molecule is CC1CC(=O)NC(NCCCN(C)C)N1. The van der Waals surface area contributed by atoms with Crippen LogP contribution in [0, 0.1) is 0 Å². The standard InChI is InChI=1S/C10H22N4O/c1-8-7-9(15)13-10(12-8)11-5-4-6-14(2)3/h8,10-12H,4-7H2,1-3H3,(H,13,15). The molecule has 0 aromatic heterocycles. The number of rotatable bonds is 5. The second kappa shape index (κ2) is 6.05. The van der Waals surface area contributed by atoms with Crippen molar-refractivity contribution in [1.29, 1.82) is 0 Å². The summed E-state index contributed by atoms with van der Waals surface area (Å²) in [6.07, 6.45) is 1.58. The fourth-order valence-electron chi connectivity index (χ4n) is 1.63. The predicted molar refractivity (Wildman–Crippen MR) is 60.3 cm³/mol. The van der Waals surface area contributed by atoms with E-state index in [1.165, 1.54) is 0 Å². The average Bonchev–Trinajstić information content (AvgIpc) is 2.10. The molecule has 0 saturated carbocycles. The summed E-state index contributed by atoms with van der Waals surface area (Å²) in [7, 11) is 4.12. The Morgan fingerprint density at radius 2 is 2.27 bits per heavy atom. The molecule has 1 rings (SSSR count). The average molecular weight is 214 g/mol. The van der Waals surface area contributed by atoms with Crippen LogP contribution >= 0.6 is 0 Å². The van der Waals surface area contributed by atoms with Gasteiger partial charge in [-0.2, -0.15) is 0 Å². The van der Waals surface area contributed by atoms with Crippen LogP contribution in [0.15, 0.2) is 0 Å². The highest BCUT2D eigenvalue weighted by molar-refractivity contribution is 5.77. The summed E-state index contributed by atoms with van der Waals surface area (Å²) in [6.45, 7) is 3.99. The Kier molecular flexibility index (Phi) is 5.01. The second-order valence-corrected chi connectivity index (χ2v) is 4.38. The van der Waals surface area contributed by atoms with Crippen LogP contribution in [0.25, 0.3) is 0 Å².